The first-order valence-corrected chi connectivity index (χ1v) is 24.1. The molecule has 0 fully saturated rings. The van der Waals surface area contributed by atoms with E-state index in [9.17, 15) is 14.4 Å². The highest BCUT2D eigenvalue weighted by Crippen LogP contribution is 2.10. The molecule has 0 rings (SSSR count). The van der Waals surface area contributed by atoms with Crippen LogP contribution in [0.3, 0.4) is 0 Å². The largest absolute Gasteiger partial charge is 0.462 e. The maximum atomic E-state index is 12.7. The Morgan fingerprint density at radius 1 is 0.349 bits per heavy atom. The van der Waals surface area contributed by atoms with E-state index in [0.29, 0.717) is 19.3 Å². The highest BCUT2D eigenvalue weighted by atomic mass is 16.6. The average Bonchev–Trinajstić information content (AvgIpc) is 3.28. The highest BCUT2D eigenvalue weighted by Gasteiger charge is 2.19. The SMILES string of the molecule is CC\C=C/C=C\C=C/C=C\C=C\C=C/C=C\CCCCCC(=O)OCC(COC(=O)CCCC/C=C\C/C=C\CC)OC(=O)CCC/C=C\C/C=C\C/C=C\C/C=C\CCCCC. The summed E-state index contributed by atoms with van der Waals surface area (Å²) >= 11 is 0. The van der Waals surface area contributed by atoms with Crippen LogP contribution in [0, 0.1) is 0 Å². The highest BCUT2D eigenvalue weighted by molar-refractivity contribution is 5.71. The molecule has 0 radical (unpaired) electrons. The van der Waals surface area contributed by atoms with Gasteiger partial charge in [-0.3, -0.25) is 14.4 Å². The number of esters is 3. The van der Waals surface area contributed by atoms with Gasteiger partial charge in [0.15, 0.2) is 6.10 Å². The molecule has 6 heteroatoms. The van der Waals surface area contributed by atoms with E-state index < -0.39 is 12.1 Å². The van der Waals surface area contributed by atoms with Gasteiger partial charge >= 0.3 is 17.9 Å². The minimum atomic E-state index is -0.845. The first-order chi connectivity index (χ1) is 31.0. The van der Waals surface area contributed by atoms with Crippen LogP contribution >= 0.6 is 0 Å². The van der Waals surface area contributed by atoms with Crippen LogP contribution in [0.1, 0.15) is 162 Å². The lowest BCUT2D eigenvalue weighted by Crippen LogP contribution is -2.30. The minimum Gasteiger partial charge on any atom is -0.462 e. The summed E-state index contributed by atoms with van der Waals surface area (Å²) in [5.74, 6) is -1.10. The van der Waals surface area contributed by atoms with Crippen molar-refractivity contribution in [3.63, 3.8) is 0 Å². The molecule has 0 aromatic carbocycles. The molecule has 0 heterocycles. The van der Waals surface area contributed by atoms with Gasteiger partial charge in [-0.2, -0.15) is 0 Å². The van der Waals surface area contributed by atoms with Gasteiger partial charge in [-0.25, -0.2) is 0 Å². The fourth-order valence-electron chi connectivity index (χ4n) is 5.63. The predicted molar refractivity (Wildman–Crippen MR) is 269 cm³/mol. The van der Waals surface area contributed by atoms with Gasteiger partial charge in [0, 0.05) is 19.3 Å². The summed E-state index contributed by atoms with van der Waals surface area (Å²) in [6.07, 6.45) is 72.4. The zero-order valence-corrected chi connectivity index (χ0v) is 39.5. The maximum absolute atomic E-state index is 12.7. The first kappa shape index (κ1) is 58.0. The minimum absolute atomic E-state index is 0.140. The molecule has 6 nitrogen and oxygen atoms in total. The number of hydrogen-bond donors (Lipinski definition) is 0. The third kappa shape index (κ3) is 47.9. The molecule has 348 valence electrons. The molecular formula is C57H84O6. The zero-order chi connectivity index (χ0) is 45.8. The van der Waals surface area contributed by atoms with Crippen LogP contribution in [0.25, 0.3) is 0 Å². The van der Waals surface area contributed by atoms with Gasteiger partial charge in [0.1, 0.15) is 13.2 Å². The summed E-state index contributed by atoms with van der Waals surface area (Å²) in [6, 6.07) is 0. The molecule has 0 saturated heterocycles. The van der Waals surface area contributed by atoms with Crippen molar-refractivity contribution in [2.75, 3.05) is 13.2 Å². The van der Waals surface area contributed by atoms with E-state index in [4.69, 9.17) is 14.2 Å². The Morgan fingerprint density at radius 3 is 1.21 bits per heavy atom. The van der Waals surface area contributed by atoms with Crippen LogP contribution in [0.2, 0.25) is 0 Å². The molecule has 1 unspecified atom stereocenters. The van der Waals surface area contributed by atoms with Gasteiger partial charge in [-0.05, 0) is 103 Å². The van der Waals surface area contributed by atoms with Crippen LogP contribution in [0.5, 0.6) is 0 Å². The molecule has 0 saturated carbocycles. The second-order valence-corrected chi connectivity index (χ2v) is 15.1. The summed E-state index contributed by atoms with van der Waals surface area (Å²) in [4.78, 5) is 37.8. The molecule has 0 aliphatic heterocycles. The lowest BCUT2D eigenvalue weighted by molar-refractivity contribution is -0.167. The van der Waals surface area contributed by atoms with Crippen molar-refractivity contribution >= 4 is 17.9 Å². The van der Waals surface area contributed by atoms with Crippen molar-refractivity contribution in [3.8, 4) is 0 Å². The second kappa shape index (κ2) is 49.7. The first-order valence-electron chi connectivity index (χ1n) is 24.1. The van der Waals surface area contributed by atoms with Gasteiger partial charge in [0.05, 0.1) is 0 Å². The quantitative estimate of drug-likeness (QED) is 0.0201. The molecule has 0 bridgehead atoms. The standard InChI is InChI=1S/C57H84O6/c1-4-7-10-13-16-19-21-23-25-27-28-30-31-33-35-38-41-44-47-50-56(59)62-53-54(52-61-55(58)49-46-43-40-37-18-15-12-9-6-3)63-57(60)51-48-45-42-39-36-34-32-29-26-24-22-20-17-14-11-8-5-2/h7,9-10,12-13,16-21,23-28,30-35,37,39,42,54H,4-6,8,11,14-15,22,29,36,38,40-41,43-53H2,1-3H3/b10-7-,12-9-,16-13-,20-17-,21-19-,25-23-,26-24-,28-27+,31-30-,34-32-,35-33-,37-18-,42-39-. The normalized spacial score (nSPS) is 13.5. The van der Waals surface area contributed by atoms with E-state index in [2.05, 4.69) is 106 Å². The molecule has 63 heavy (non-hydrogen) atoms. The molecule has 0 aliphatic carbocycles. The van der Waals surface area contributed by atoms with E-state index in [1.54, 1.807) is 0 Å². The van der Waals surface area contributed by atoms with Crippen molar-refractivity contribution in [1.82, 2.24) is 0 Å². The van der Waals surface area contributed by atoms with E-state index in [-0.39, 0.29) is 44.4 Å². The summed E-state index contributed by atoms with van der Waals surface area (Å²) in [6.45, 7) is 6.18. The summed E-state index contributed by atoms with van der Waals surface area (Å²) in [5.41, 5.74) is 0. The maximum Gasteiger partial charge on any atom is 0.306 e. The molecular weight excluding hydrogens is 781 g/mol. The summed E-state index contributed by atoms with van der Waals surface area (Å²) in [7, 11) is 0. The fraction of sp³-hybridized carbons (Fsp3) is 0.491. The third-order valence-corrected chi connectivity index (χ3v) is 9.19. The predicted octanol–water partition coefficient (Wildman–Crippen LogP) is 15.9. The number of rotatable bonds is 40. The topological polar surface area (TPSA) is 78.9 Å². The van der Waals surface area contributed by atoms with Crippen molar-refractivity contribution in [1.29, 1.82) is 0 Å². The monoisotopic (exact) mass is 865 g/mol. The van der Waals surface area contributed by atoms with Gasteiger partial charge in [-0.1, -0.05) is 198 Å². The van der Waals surface area contributed by atoms with Gasteiger partial charge < -0.3 is 14.2 Å². The lowest BCUT2D eigenvalue weighted by atomic mass is 10.1. The van der Waals surface area contributed by atoms with E-state index >= 15 is 0 Å². The number of ether oxygens (including phenoxy) is 3. The van der Waals surface area contributed by atoms with E-state index in [1.807, 2.05) is 72.9 Å². The van der Waals surface area contributed by atoms with Gasteiger partial charge in [-0.15, -0.1) is 0 Å². The number of unbranched alkanes of at least 4 members (excludes halogenated alkanes) is 9. The number of carbonyl (C=O) groups is 3. The van der Waals surface area contributed by atoms with E-state index in [0.717, 1.165) is 77.0 Å². The third-order valence-electron chi connectivity index (χ3n) is 9.19. The van der Waals surface area contributed by atoms with Gasteiger partial charge in [0.2, 0.25) is 0 Å². The van der Waals surface area contributed by atoms with Crippen molar-refractivity contribution in [2.45, 2.75) is 168 Å². The Morgan fingerprint density at radius 2 is 0.714 bits per heavy atom. The fourth-order valence-corrected chi connectivity index (χ4v) is 5.63. The molecule has 0 spiro atoms. The zero-order valence-electron chi connectivity index (χ0n) is 39.5. The Balaban J connectivity index is 4.61. The summed E-state index contributed by atoms with van der Waals surface area (Å²) in [5, 5.41) is 0. The Labute approximate surface area is 384 Å². The van der Waals surface area contributed by atoms with Crippen LogP contribution < -0.4 is 0 Å². The number of carbonyl (C=O) groups excluding carboxylic acids is 3. The molecule has 0 N–H and O–H groups in total. The molecule has 0 amide bonds. The van der Waals surface area contributed by atoms with Crippen LogP contribution in [0.4, 0.5) is 0 Å². The Kier molecular flexibility index (Phi) is 45.8. The number of allylic oxidation sites excluding steroid dienone is 26. The van der Waals surface area contributed by atoms with Crippen molar-refractivity contribution in [3.05, 3.63) is 158 Å². The molecule has 1 atom stereocenters. The Bertz CT molecular complexity index is 1510. The van der Waals surface area contributed by atoms with Gasteiger partial charge in [0.25, 0.3) is 0 Å². The van der Waals surface area contributed by atoms with Crippen LogP contribution in [-0.4, -0.2) is 37.2 Å². The molecule has 0 aromatic heterocycles. The molecule has 0 aliphatic rings. The van der Waals surface area contributed by atoms with E-state index in [1.165, 1.54) is 25.7 Å². The summed E-state index contributed by atoms with van der Waals surface area (Å²) < 4.78 is 16.6. The van der Waals surface area contributed by atoms with Crippen LogP contribution in [-0.2, 0) is 28.6 Å². The molecule has 0 aromatic rings. The lowest BCUT2D eigenvalue weighted by Gasteiger charge is -2.18. The van der Waals surface area contributed by atoms with Crippen molar-refractivity contribution in [2.24, 2.45) is 0 Å². The number of hydrogen-bond acceptors (Lipinski definition) is 6. The van der Waals surface area contributed by atoms with Crippen molar-refractivity contribution < 1.29 is 28.6 Å². The van der Waals surface area contributed by atoms with Crippen LogP contribution in [0.15, 0.2) is 158 Å². The smallest absolute Gasteiger partial charge is 0.306 e. The average molecular weight is 865 g/mol. The second-order valence-electron chi connectivity index (χ2n) is 15.1. The Hall–Kier alpha value is -4.97.